The molecule has 5 nitrogen and oxygen atoms in total. The van der Waals surface area contributed by atoms with E-state index in [1.807, 2.05) is 25.1 Å². The Bertz CT molecular complexity index is 1330. The van der Waals surface area contributed by atoms with E-state index in [9.17, 15) is 18.4 Å². The summed E-state index contributed by atoms with van der Waals surface area (Å²) in [5.41, 5.74) is 1.24. The molecule has 31 heavy (non-hydrogen) atoms. The Balaban J connectivity index is 1.70. The first-order valence-electron chi connectivity index (χ1n) is 9.40. The smallest absolute Gasteiger partial charge is 0.266 e. The number of nitrogens with zero attached hydrogens (tertiary/aromatic N) is 2. The predicted octanol–water partition coefficient (Wildman–Crippen LogP) is 4.70. The minimum atomic E-state index is -0.862. The van der Waals surface area contributed by atoms with Gasteiger partial charge in [0.2, 0.25) is 5.91 Å². The topological polar surface area (TPSA) is 64.0 Å². The van der Waals surface area contributed by atoms with Gasteiger partial charge in [0.1, 0.15) is 17.3 Å². The van der Waals surface area contributed by atoms with Crippen LogP contribution in [0.15, 0.2) is 76.7 Å². The van der Waals surface area contributed by atoms with Crippen molar-refractivity contribution in [1.82, 2.24) is 9.55 Å². The van der Waals surface area contributed by atoms with Crippen LogP contribution in [0.2, 0.25) is 0 Å². The van der Waals surface area contributed by atoms with Gasteiger partial charge in [-0.1, -0.05) is 48.2 Å². The number of carbonyl (C=O) groups excluding carboxylic acids is 1. The molecule has 0 saturated heterocycles. The van der Waals surface area contributed by atoms with Crippen molar-refractivity contribution >= 4 is 34.3 Å². The van der Waals surface area contributed by atoms with E-state index in [1.54, 1.807) is 30.3 Å². The predicted molar refractivity (Wildman–Crippen MR) is 118 cm³/mol. The van der Waals surface area contributed by atoms with E-state index < -0.39 is 23.2 Å². The molecule has 8 heteroatoms. The van der Waals surface area contributed by atoms with Gasteiger partial charge in [-0.05, 0) is 42.8 Å². The third kappa shape index (κ3) is 4.20. The largest absolute Gasteiger partial charge is 0.320 e. The average Bonchev–Trinajstić information content (AvgIpc) is 2.76. The average molecular weight is 437 g/mol. The maximum absolute atomic E-state index is 13.8. The van der Waals surface area contributed by atoms with Gasteiger partial charge in [0.15, 0.2) is 5.16 Å². The van der Waals surface area contributed by atoms with Gasteiger partial charge in [0.25, 0.3) is 5.56 Å². The van der Waals surface area contributed by atoms with E-state index in [4.69, 9.17) is 0 Å². The van der Waals surface area contributed by atoms with E-state index in [0.29, 0.717) is 21.7 Å². The van der Waals surface area contributed by atoms with E-state index in [0.717, 1.165) is 29.5 Å². The summed E-state index contributed by atoms with van der Waals surface area (Å²) >= 11 is 1.01. The molecule has 1 aromatic heterocycles. The molecule has 1 N–H and O–H groups in total. The molecule has 1 amide bonds. The normalized spacial score (nSPS) is 10.9. The second-order valence-electron chi connectivity index (χ2n) is 6.77. The van der Waals surface area contributed by atoms with Crippen LogP contribution in [-0.4, -0.2) is 21.2 Å². The first-order valence-corrected chi connectivity index (χ1v) is 10.4. The summed E-state index contributed by atoms with van der Waals surface area (Å²) in [6.07, 6.45) is 0. The maximum Gasteiger partial charge on any atom is 0.266 e. The zero-order valence-corrected chi connectivity index (χ0v) is 17.2. The number of halogens is 2. The van der Waals surface area contributed by atoms with Crippen molar-refractivity contribution in [2.45, 2.75) is 12.1 Å². The van der Waals surface area contributed by atoms with Crippen LogP contribution >= 0.6 is 11.8 Å². The summed E-state index contributed by atoms with van der Waals surface area (Å²) in [4.78, 5) is 30.2. The minimum absolute atomic E-state index is 0.190. The molecule has 3 aromatic carbocycles. The van der Waals surface area contributed by atoms with Crippen LogP contribution in [-0.2, 0) is 4.79 Å². The number of fused-ring (bicyclic) bond motifs is 1. The molecule has 0 bridgehead atoms. The van der Waals surface area contributed by atoms with Gasteiger partial charge in [-0.15, -0.1) is 0 Å². The van der Waals surface area contributed by atoms with E-state index in [-0.39, 0.29) is 11.3 Å². The highest BCUT2D eigenvalue weighted by molar-refractivity contribution is 7.99. The lowest BCUT2D eigenvalue weighted by Crippen LogP contribution is -2.23. The lowest BCUT2D eigenvalue weighted by atomic mass is 10.2. The lowest BCUT2D eigenvalue weighted by molar-refractivity contribution is -0.113. The van der Waals surface area contributed by atoms with E-state index >= 15 is 0 Å². The summed E-state index contributed by atoms with van der Waals surface area (Å²) in [6, 6.07) is 17.6. The van der Waals surface area contributed by atoms with Crippen LogP contribution in [0.3, 0.4) is 0 Å². The first kappa shape index (κ1) is 20.7. The monoisotopic (exact) mass is 437 g/mol. The van der Waals surface area contributed by atoms with Gasteiger partial charge in [0, 0.05) is 0 Å². The SMILES string of the molecule is Cc1ccccc1-n1c(SCC(=O)Nc2c(F)cccc2F)nc2ccccc2c1=O. The molecule has 1 heterocycles. The molecule has 0 atom stereocenters. The third-order valence-corrected chi connectivity index (χ3v) is 5.60. The van der Waals surface area contributed by atoms with Crippen LogP contribution < -0.4 is 10.9 Å². The first-order chi connectivity index (χ1) is 15.0. The van der Waals surface area contributed by atoms with Crippen molar-refractivity contribution in [3.63, 3.8) is 0 Å². The van der Waals surface area contributed by atoms with Crippen LogP contribution in [0.25, 0.3) is 16.6 Å². The van der Waals surface area contributed by atoms with E-state index in [1.165, 1.54) is 10.6 Å². The fourth-order valence-electron chi connectivity index (χ4n) is 3.16. The van der Waals surface area contributed by atoms with Crippen LogP contribution in [0.1, 0.15) is 5.56 Å². The minimum Gasteiger partial charge on any atom is -0.320 e. The molecule has 0 saturated carbocycles. The highest BCUT2D eigenvalue weighted by Crippen LogP contribution is 2.24. The Kier molecular flexibility index (Phi) is 5.81. The second-order valence-corrected chi connectivity index (χ2v) is 7.71. The number of hydrogen-bond donors (Lipinski definition) is 1. The highest BCUT2D eigenvalue weighted by Gasteiger charge is 2.17. The molecule has 0 aliphatic carbocycles. The summed E-state index contributed by atoms with van der Waals surface area (Å²) < 4.78 is 29.1. The van der Waals surface area contributed by atoms with Crippen molar-refractivity contribution in [2.75, 3.05) is 11.1 Å². The number of hydrogen-bond acceptors (Lipinski definition) is 4. The maximum atomic E-state index is 13.8. The number of aromatic nitrogens is 2. The fourth-order valence-corrected chi connectivity index (χ4v) is 3.96. The van der Waals surface area contributed by atoms with Gasteiger partial charge >= 0.3 is 0 Å². The van der Waals surface area contributed by atoms with Crippen LogP contribution in [0.5, 0.6) is 0 Å². The quantitative estimate of drug-likeness (QED) is 0.363. The molecule has 0 spiro atoms. The number of carbonyl (C=O) groups is 1. The van der Waals surface area contributed by atoms with Gasteiger partial charge in [-0.3, -0.25) is 14.2 Å². The third-order valence-electron chi connectivity index (χ3n) is 4.66. The van der Waals surface area contributed by atoms with Gasteiger partial charge in [-0.2, -0.15) is 0 Å². The molecule has 4 rings (SSSR count). The number of thioether (sulfide) groups is 1. The molecular weight excluding hydrogens is 420 g/mol. The number of para-hydroxylation sites is 3. The van der Waals surface area contributed by atoms with Crippen molar-refractivity contribution in [1.29, 1.82) is 0 Å². The Labute approximate surface area is 180 Å². The summed E-state index contributed by atoms with van der Waals surface area (Å²) in [5.74, 6) is -2.53. The molecule has 0 fully saturated rings. The molecule has 4 aromatic rings. The zero-order valence-electron chi connectivity index (χ0n) is 16.4. The highest BCUT2D eigenvalue weighted by atomic mass is 32.2. The van der Waals surface area contributed by atoms with Crippen molar-refractivity contribution in [2.24, 2.45) is 0 Å². The van der Waals surface area contributed by atoms with Crippen molar-refractivity contribution in [3.05, 3.63) is 94.3 Å². The summed E-state index contributed by atoms with van der Waals surface area (Å²) in [7, 11) is 0. The standard InChI is InChI=1S/C23H17F2N3O2S/c1-14-7-2-5-12-19(14)28-22(30)15-8-3-4-11-18(15)26-23(28)31-13-20(29)27-21-16(24)9-6-10-17(21)25/h2-12H,13H2,1H3,(H,27,29). The van der Waals surface area contributed by atoms with Gasteiger partial charge in [-0.25, -0.2) is 13.8 Å². The second kappa shape index (κ2) is 8.69. The van der Waals surface area contributed by atoms with Gasteiger partial charge in [0.05, 0.1) is 22.3 Å². The van der Waals surface area contributed by atoms with E-state index in [2.05, 4.69) is 10.3 Å². The fraction of sp³-hybridized carbons (Fsp3) is 0.0870. The number of benzene rings is 3. The molecule has 0 radical (unpaired) electrons. The number of rotatable bonds is 5. The molecule has 0 aliphatic rings. The molecule has 0 unspecified atom stereocenters. The van der Waals surface area contributed by atoms with Crippen LogP contribution in [0, 0.1) is 18.6 Å². The van der Waals surface area contributed by atoms with Crippen LogP contribution in [0.4, 0.5) is 14.5 Å². The summed E-state index contributed by atoms with van der Waals surface area (Å²) in [5, 5.41) is 3.01. The molecule has 156 valence electrons. The van der Waals surface area contributed by atoms with Gasteiger partial charge < -0.3 is 5.32 Å². The number of aryl methyl sites for hydroxylation is 1. The lowest BCUT2D eigenvalue weighted by Gasteiger charge is -2.15. The molecular formula is C23H17F2N3O2S. The Morgan fingerprint density at radius 2 is 1.68 bits per heavy atom. The number of nitrogens with one attached hydrogen (secondary N) is 1. The Hall–Kier alpha value is -3.52. The molecule has 0 aliphatic heterocycles. The number of anilines is 1. The Morgan fingerprint density at radius 1 is 1.00 bits per heavy atom. The zero-order chi connectivity index (χ0) is 22.0. The van der Waals surface area contributed by atoms with Crippen molar-refractivity contribution in [3.8, 4) is 5.69 Å². The Morgan fingerprint density at radius 3 is 2.42 bits per heavy atom. The number of amides is 1. The van der Waals surface area contributed by atoms with Crippen molar-refractivity contribution < 1.29 is 13.6 Å². The summed E-state index contributed by atoms with van der Waals surface area (Å²) in [6.45, 7) is 1.87.